The van der Waals surface area contributed by atoms with Crippen LogP contribution in [0.2, 0.25) is 0 Å². The van der Waals surface area contributed by atoms with Gasteiger partial charge >= 0.3 is 0 Å². The number of ether oxygens (including phenoxy) is 2. The maximum atomic E-state index is 12.9. The first-order chi connectivity index (χ1) is 14.4. The fraction of sp³-hybridized carbons (Fsp3) is 0.435. The molecule has 0 bridgehead atoms. The maximum Gasteiger partial charge on any atom is 0.285 e. The molecular weight excluding hydrogens is 384 g/mol. The van der Waals surface area contributed by atoms with E-state index >= 15 is 0 Å². The van der Waals surface area contributed by atoms with Gasteiger partial charge in [0.1, 0.15) is 17.1 Å². The van der Waals surface area contributed by atoms with Crippen LogP contribution >= 0.6 is 0 Å². The Morgan fingerprint density at radius 1 is 1.13 bits per heavy atom. The summed E-state index contributed by atoms with van der Waals surface area (Å²) in [7, 11) is 3.29. The van der Waals surface area contributed by atoms with E-state index in [0.29, 0.717) is 24.6 Å². The van der Waals surface area contributed by atoms with E-state index in [1.807, 2.05) is 18.2 Å². The summed E-state index contributed by atoms with van der Waals surface area (Å²) in [5, 5.41) is 11.4. The van der Waals surface area contributed by atoms with Crippen LogP contribution in [0, 0.1) is 23.0 Å². The summed E-state index contributed by atoms with van der Waals surface area (Å²) >= 11 is 0. The maximum absolute atomic E-state index is 12.9. The normalized spacial score (nSPS) is 14.4. The van der Waals surface area contributed by atoms with Gasteiger partial charge in [0.15, 0.2) is 0 Å². The second kappa shape index (κ2) is 9.61. The van der Waals surface area contributed by atoms with Crippen LogP contribution in [-0.2, 0) is 6.42 Å². The topological polar surface area (TPSA) is 81.9 Å². The van der Waals surface area contributed by atoms with Gasteiger partial charge in [-0.1, -0.05) is 12.1 Å². The van der Waals surface area contributed by atoms with Crippen molar-refractivity contribution >= 4 is 11.6 Å². The largest absolute Gasteiger partial charge is 0.497 e. The van der Waals surface area contributed by atoms with Gasteiger partial charge in [0.2, 0.25) is 0 Å². The zero-order valence-electron chi connectivity index (χ0n) is 17.7. The number of para-hydroxylation sites is 1. The van der Waals surface area contributed by atoms with Crippen molar-refractivity contribution in [3.05, 3.63) is 63.2 Å². The number of methoxy groups -OCH3 is 2. The van der Waals surface area contributed by atoms with Crippen LogP contribution < -0.4 is 9.47 Å². The number of nitro groups is 1. The van der Waals surface area contributed by atoms with E-state index in [-0.39, 0.29) is 17.2 Å². The average molecular weight is 412 g/mol. The Bertz CT molecular complexity index is 898. The SMILES string of the molecule is COc1cc(CCC2CCN(C(=O)c3cccc(C)c3[N+](=O)[O-])CC2)cc(OC)c1. The zero-order chi connectivity index (χ0) is 21.7. The van der Waals surface area contributed by atoms with E-state index in [0.717, 1.165) is 37.2 Å². The Morgan fingerprint density at radius 3 is 2.33 bits per heavy atom. The summed E-state index contributed by atoms with van der Waals surface area (Å²) in [6.45, 7) is 2.90. The minimum Gasteiger partial charge on any atom is -0.497 e. The molecule has 7 nitrogen and oxygen atoms in total. The predicted octanol–water partition coefficient (Wildman–Crippen LogP) is 4.41. The first-order valence-electron chi connectivity index (χ1n) is 10.2. The van der Waals surface area contributed by atoms with Gasteiger partial charge in [-0.25, -0.2) is 0 Å². The Morgan fingerprint density at radius 2 is 1.77 bits per heavy atom. The minimum atomic E-state index is -0.461. The molecule has 1 saturated heterocycles. The molecule has 0 atom stereocenters. The molecule has 0 radical (unpaired) electrons. The molecule has 1 fully saturated rings. The first kappa shape index (κ1) is 21.6. The van der Waals surface area contributed by atoms with Gasteiger partial charge in [-0.3, -0.25) is 14.9 Å². The molecule has 0 N–H and O–H groups in total. The zero-order valence-corrected chi connectivity index (χ0v) is 17.7. The molecule has 0 aliphatic carbocycles. The molecule has 0 saturated carbocycles. The average Bonchev–Trinajstić information content (AvgIpc) is 2.76. The molecule has 0 unspecified atom stereocenters. The number of rotatable bonds is 7. The number of amides is 1. The number of carbonyl (C=O) groups excluding carboxylic acids is 1. The Labute approximate surface area is 176 Å². The van der Waals surface area contributed by atoms with Crippen LogP contribution in [-0.4, -0.2) is 43.0 Å². The first-order valence-corrected chi connectivity index (χ1v) is 10.2. The molecule has 1 amide bonds. The fourth-order valence-electron chi connectivity index (χ4n) is 4.05. The second-order valence-electron chi connectivity index (χ2n) is 7.72. The summed E-state index contributed by atoms with van der Waals surface area (Å²) in [4.78, 5) is 25.6. The number of carbonyl (C=O) groups is 1. The van der Waals surface area contributed by atoms with Crippen molar-refractivity contribution in [3.8, 4) is 11.5 Å². The highest BCUT2D eigenvalue weighted by Gasteiger charge is 2.29. The Hall–Kier alpha value is -3.09. The van der Waals surface area contributed by atoms with E-state index in [9.17, 15) is 14.9 Å². The van der Waals surface area contributed by atoms with Crippen LogP contribution in [0.5, 0.6) is 11.5 Å². The number of nitrogens with zero attached hydrogens (tertiary/aromatic N) is 2. The summed E-state index contributed by atoms with van der Waals surface area (Å²) in [6, 6.07) is 10.8. The third kappa shape index (κ3) is 4.90. The lowest BCUT2D eigenvalue weighted by molar-refractivity contribution is -0.385. The number of hydrogen-bond donors (Lipinski definition) is 0. The minimum absolute atomic E-state index is 0.0865. The predicted molar refractivity (Wildman–Crippen MR) is 114 cm³/mol. The summed E-state index contributed by atoms with van der Waals surface area (Å²) in [5.74, 6) is 1.83. The second-order valence-corrected chi connectivity index (χ2v) is 7.72. The van der Waals surface area contributed by atoms with E-state index < -0.39 is 4.92 Å². The summed E-state index contributed by atoms with van der Waals surface area (Å²) in [5.41, 5.74) is 1.77. The van der Waals surface area contributed by atoms with Crippen LogP contribution in [0.25, 0.3) is 0 Å². The third-order valence-electron chi connectivity index (χ3n) is 5.80. The Kier molecular flexibility index (Phi) is 6.92. The van der Waals surface area contributed by atoms with Crippen LogP contribution in [0.1, 0.15) is 40.7 Å². The molecule has 0 spiro atoms. The van der Waals surface area contributed by atoms with Crippen molar-refractivity contribution < 1.29 is 19.2 Å². The van der Waals surface area contributed by atoms with Crippen molar-refractivity contribution in [2.45, 2.75) is 32.6 Å². The van der Waals surface area contributed by atoms with Crippen molar-refractivity contribution in [3.63, 3.8) is 0 Å². The number of aryl methyl sites for hydroxylation is 2. The van der Waals surface area contributed by atoms with E-state index in [1.165, 1.54) is 5.56 Å². The molecule has 1 aliphatic rings. The lowest BCUT2D eigenvalue weighted by Crippen LogP contribution is -2.38. The number of nitro benzene ring substituents is 1. The standard InChI is InChI=1S/C23H28N2O5/c1-16-5-4-6-21(22(16)25(27)28)23(26)24-11-9-17(10-12-24)7-8-18-13-19(29-2)15-20(14-18)30-3/h4-6,13-15,17H,7-12H2,1-3H3. The number of likely N-dealkylation sites (tertiary alicyclic amines) is 1. The Balaban J connectivity index is 1.59. The molecule has 7 heteroatoms. The van der Waals surface area contributed by atoms with Gasteiger partial charge in [0.05, 0.1) is 19.1 Å². The monoisotopic (exact) mass is 412 g/mol. The molecule has 3 rings (SSSR count). The number of piperidine rings is 1. The summed E-state index contributed by atoms with van der Waals surface area (Å²) in [6.07, 6.45) is 3.72. The molecule has 2 aromatic rings. The van der Waals surface area contributed by atoms with Gasteiger partial charge in [0.25, 0.3) is 11.6 Å². The van der Waals surface area contributed by atoms with Gasteiger partial charge in [-0.2, -0.15) is 0 Å². The van der Waals surface area contributed by atoms with Crippen molar-refractivity contribution in [1.82, 2.24) is 4.90 Å². The molecular formula is C23H28N2O5. The smallest absolute Gasteiger partial charge is 0.285 e. The van der Waals surface area contributed by atoms with Crippen molar-refractivity contribution in [2.75, 3.05) is 27.3 Å². The van der Waals surface area contributed by atoms with E-state index in [2.05, 4.69) is 0 Å². The van der Waals surface area contributed by atoms with E-state index in [4.69, 9.17) is 9.47 Å². The van der Waals surface area contributed by atoms with Crippen LogP contribution in [0.3, 0.4) is 0 Å². The number of benzene rings is 2. The van der Waals surface area contributed by atoms with Gasteiger partial charge in [-0.15, -0.1) is 0 Å². The molecule has 0 aromatic heterocycles. The molecule has 2 aromatic carbocycles. The molecule has 30 heavy (non-hydrogen) atoms. The quantitative estimate of drug-likeness (QED) is 0.497. The molecule has 1 aliphatic heterocycles. The highest BCUT2D eigenvalue weighted by Crippen LogP contribution is 2.29. The molecule has 1 heterocycles. The van der Waals surface area contributed by atoms with Crippen LogP contribution in [0.15, 0.2) is 36.4 Å². The van der Waals surface area contributed by atoms with Gasteiger partial charge in [-0.05, 0) is 62.3 Å². The van der Waals surface area contributed by atoms with Crippen molar-refractivity contribution in [1.29, 1.82) is 0 Å². The molecule has 160 valence electrons. The number of hydrogen-bond acceptors (Lipinski definition) is 5. The highest BCUT2D eigenvalue weighted by molar-refractivity contribution is 5.98. The third-order valence-corrected chi connectivity index (χ3v) is 5.80. The highest BCUT2D eigenvalue weighted by atomic mass is 16.6. The van der Waals surface area contributed by atoms with Crippen LogP contribution in [0.4, 0.5) is 5.69 Å². The van der Waals surface area contributed by atoms with Crippen molar-refractivity contribution in [2.24, 2.45) is 5.92 Å². The lowest BCUT2D eigenvalue weighted by atomic mass is 9.90. The summed E-state index contributed by atoms with van der Waals surface area (Å²) < 4.78 is 10.7. The van der Waals surface area contributed by atoms with Gasteiger partial charge < -0.3 is 14.4 Å². The van der Waals surface area contributed by atoms with E-state index in [1.54, 1.807) is 44.2 Å². The van der Waals surface area contributed by atoms with Gasteiger partial charge in [0, 0.05) is 24.7 Å². The fourth-order valence-corrected chi connectivity index (χ4v) is 4.05. The lowest BCUT2D eigenvalue weighted by Gasteiger charge is -2.32.